The van der Waals surface area contributed by atoms with Crippen molar-refractivity contribution < 1.29 is 4.52 Å². The Bertz CT molecular complexity index is 784. The fourth-order valence-electron chi connectivity index (χ4n) is 3.47. The Balaban J connectivity index is 1.60. The summed E-state index contributed by atoms with van der Waals surface area (Å²) < 4.78 is 7.10. The number of aromatic nitrogens is 3. The molecule has 3 rings (SSSR count). The van der Waals surface area contributed by atoms with Gasteiger partial charge in [-0.15, -0.1) is 0 Å². The second-order valence-electron chi connectivity index (χ2n) is 7.14. The molecule has 1 N–H and O–H groups in total. The van der Waals surface area contributed by atoms with Crippen LogP contribution in [0.25, 0.3) is 0 Å². The van der Waals surface area contributed by atoms with Gasteiger partial charge >= 0.3 is 0 Å². The molecule has 1 fully saturated rings. The molecule has 0 amide bonds. The van der Waals surface area contributed by atoms with Crippen LogP contribution in [0.2, 0.25) is 0 Å². The molecule has 0 spiro atoms. The first-order valence-corrected chi connectivity index (χ1v) is 9.64. The highest BCUT2D eigenvalue weighted by molar-refractivity contribution is 5.80. The number of hydrogen-bond acceptors (Lipinski definition) is 5. The first-order chi connectivity index (χ1) is 13.0. The molecule has 148 valence electrons. The molecule has 27 heavy (non-hydrogen) atoms. The SMILES string of the molecule is CCNC(=NCc1c(C)nn(C)c1C)N1CCN(Cc2cc(C)on2)CC1. The van der Waals surface area contributed by atoms with Gasteiger partial charge in [-0.05, 0) is 27.7 Å². The lowest BCUT2D eigenvalue weighted by molar-refractivity contribution is 0.169. The number of guanidine groups is 1. The summed E-state index contributed by atoms with van der Waals surface area (Å²) in [7, 11) is 1.98. The van der Waals surface area contributed by atoms with Gasteiger partial charge in [0.05, 0.1) is 17.9 Å². The minimum absolute atomic E-state index is 0.659. The fraction of sp³-hybridized carbons (Fsp3) is 0.632. The third-order valence-electron chi connectivity index (χ3n) is 5.11. The van der Waals surface area contributed by atoms with E-state index < -0.39 is 0 Å². The van der Waals surface area contributed by atoms with Crippen LogP contribution in [0.15, 0.2) is 15.6 Å². The summed E-state index contributed by atoms with van der Waals surface area (Å²) in [6, 6.07) is 2.01. The minimum atomic E-state index is 0.659. The Hall–Kier alpha value is -2.35. The van der Waals surface area contributed by atoms with Gasteiger partial charge in [-0.1, -0.05) is 5.16 Å². The lowest BCUT2D eigenvalue weighted by Crippen LogP contribution is -2.52. The molecule has 0 saturated carbocycles. The van der Waals surface area contributed by atoms with Crippen molar-refractivity contribution in [3.05, 3.63) is 34.5 Å². The number of nitrogens with zero attached hydrogens (tertiary/aromatic N) is 6. The summed E-state index contributed by atoms with van der Waals surface area (Å²) in [5.41, 5.74) is 4.46. The molecule has 2 aromatic heterocycles. The van der Waals surface area contributed by atoms with Crippen LogP contribution in [-0.4, -0.2) is 63.4 Å². The summed E-state index contributed by atoms with van der Waals surface area (Å²) >= 11 is 0. The monoisotopic (exact) mass is 373 g/mol. The van der Waals surface area contributed by atoms with Crippen LogP contribution in [0.3, 0.4) is 0 Å². The van der Waals surface area contributed by atoms with E-state index in [4.69, 9.17) is 9.52 Å². The van der Waals surface area contributed by atoms with Crippen molar-refractivity contribution in [2.45, 2.75) is 40.8 Å². The van der Waals surface area contributed by atoms with Gasteiger partial charge in [0, 0.05) is 63.6 Å². The van der Waals surface area contributed by atoms with Crippen molar-refractivity contribution >= 4 is 5.96 Å². The number of piperazine rings is 1. The van der Waals surface area contributed by atoms with Gasteiger partial charge < -0.3 is 14.7 Å². The van der Waals surface area contributed by atoms with Gasteiger partial charge in [0.15, 0.2) is 5.96 Å². The zero-order valence-electron chi connectivity index (χ0n) is 17.1. The molecule has 1 aliphatic rings. The quantitative estimate of drug-likeness (QED) is 0.634. The van der Waals surface area contributed by atoms with E-state index in [1.807, 2.05) is 24.7 Å². The highest BCUT2D eigenvalue weighted by Gasteiger charge is 2.21. The average Bonchev–Trinajstić information content (AvgIpc) is 3.16. The van der Waals surface area contributed by atoms with Crippen molar-refractivity contribution in [3.8, 4) is 0 Å². The Labute approximate surface area is 161 Å². The molecule has 8 heteroatoms. The molecule has 0 unspecified atom stereocenters. The lowest BCUT2D eigenvalue weighted by Gasteiger charge is -2.36. The molecule has 3 heterocycles. The second kappa shape index (κ2) is 8.56. The molecular formula is C19H31N7O. The van der Waals surface area contributed by atoms with Gasteiger partial charge in [0.25, 0.3) is 0 Å². The van der Waals surface area contributed by atoms with E-state index in [0.717, 1.165) is 62.4 Å². The number of aliphatic imine (C=N–C) groups is 1. The van der Waals surface area contributed by atoms with Crippen LogP contribution < -0.4 is 5.32 Å². The Morgan fingerprint density at radius 2 is 1.96 bits per heavy atom. The topological polar surface area (TPSA) is 74.7 Å². The number of rotatable bonds is 5. The Morgan fingerprint density at radius 1 is 1.22 bits per heavy atom. The van der Waals surface area contributed by atoms with E-state index in [-0.39, 0.29) is 0 Å². The van der Waals surface area contributed by atoms with Crippen LogP contribution in [-0.2, 0) is 20.1 Å². The van der Waals surface area contributed by atoms with E-state index in [2.05, 4.69) is 46.1 Å². The Morgan fingerprint density at radius 3 is 2.52 bits per heavy atom. The van der Waals surface area contributed by atoms with Gasteiger partial charge in [-0.3, -0.25) is 9.58 Å². The van der Waals surface area contributed by atoms with E-state index in [1.54, 1.807) is 0 Å². The van der Waals surface area contributed by atoms with Crippen LogP contribution >= 0.6 is 0 Å². The predicted molar refractivity (Wildman–Crippen MR) is 106 cm³/mol. The zero-order chi connectivity index (χ0) is 19.4. The maximum atomic E-state index is 5.17. The fourth-order valence-corrected chi connectivity index (χ4v) is 3.47. The molecule has 2 aromatic rings. The summed E-state index contributed by atoms with van der Waals surface area (Å²) in [4.78, 5) is 9.64. The van der Waals surface area contributed by atoms with Crippen molar-refractivity contribution in [1.82, 2.24) is 30.1 Å². The van der Waals surface area contributed by atoms with Crippen LogP contribution in [0.5, 0.6) is 0 Å². The van der Waals surface area contributed by atoms with Crippen molar-refractivity contribution in [1.29, 1.82) is 0 Å². The van der Waals surface area contributed by atoms with Gasteiger partial charge in [0.1, 0.15) is 5.76 Å². The average molecular weight is 374 g/mol. The maximum absolute atomic E-state index is 5.17. The van der Waals surface area contributed by atoms with E-state index in [0.29, 0.717) is 6.54 Å². The predicted octanol–water partition coefficient (Wildman–Crippen LogP) is 1.62. The summed E-state index contributed by atoms with van der Waals surface area (Å²) in [6.07, 6.45) is 0. The molecule has 8 nitrogen and oxygen atoms in total. The van der Waals surface area contributed by atoms with E-state index >= 15 is 0 Å². The van der Waals surface area contributed by atoms with E-state index in [9.17, 15) is 0 Å². The van der Waals surface area contributed by atoms with Crippen LogP contribution in [0.1, 0.15) is 35.3 Å². The summed E-state index contributed by atoms with van der Waals surface area (Å²) in [5.74, 6) is 1.85. The molecule has 0 aliphatic carbocycles. The highest BCUT2D eigenvalue weighted by atomic mass is 16.5. The third kappa shape index (κ3) is 4.68. The molecule has 1 aliphatic heterocycles. The molecule has 0 atom stereocenters. The summed E-state index contributed by atoms with van der Waals surface area (Å²) in [5, 5.41) is 12.0. The van der Waals surface area contributed by atoms with E-state index in [1.165, 1.54) is 11.3 Å². The smallest absolute Gasteiger partial charge is 0.194 e. The van der Waals surface area contributed by atoms with Gasteiger partial charge in [-0.25, -0.2) is 4.99 Å². The van der Waals surface area contributed by atoms with Crippen LogP contribution in [0, 0.1) is 20.8 Å². The standard InChI is InChI=1S/C19H31N7O/c1-6-20-19(21-12-18-15(3)22-24(5)16(18)4)26-9-7-25(8-10-26)13-17-11-14(2)27-23-17/h11H,6-10,12-13H2,1-5H3,(H,20,21). The number of nitrogens with one attached hydrogen (secondary N) is 1. The maximum Gasteiger partial charge on any atom is 0.194 e. The van der Waals surface area contributed by atoms with Gasteiger partial charge in [0.2, 0.25) is 0 Å². The highest BCUT2D eigenvalue weighted by Crippen LogP contribution is 2.14. The summed E-state index contributed by atoms with van der Waals surface area (Å²) in [6.45, 7) is 14.4. The second-order valence-corrected chi connectivity index (χ2v) is 7.14. The van der Waals surface area contributed by atoms with Crippen LogP contribution in [0.4, 0.5) is 0 Å². The zero-order valence-corrected chi connectivity index (χ0v) is 17.1. The number of hydrogen-bond donors (Lipinski definition) is 1. The van der Waals surface area contributed by atoms with Crippen molar-refractivity contribution in [3.63, 3.8) is 0 Å². The Kier molecular flexibility index (Phi) is 6.15. The van der Waals surface area contributed by atoms with Gasteiger partial charge in [-0.2, -0.15) is 5.10 Å². The largest absolute Gasteiger partial charge is 0.361 e. The normalized spacial score (nSPS) is 16.2. The molecule has 0 aromatic carbocycles. The first-order valence-electron chi connectivity index (χ1n) is 9.64. The molecule has 1 saturated heterocycles. The first kappa shape index (κ1) is 19.4. The molecule has 0 radical (unpaired) electrons. The third-order valence-corrected chi connectivity index (χ3v) is 5.11. The minimum Gasteiger partial charge on any atom is -0.361 e. The van der Waals surface area contributed by atoms with Crippen molar-refractivity contribution in [2.24, 2.45) is 12.0 Å². The molecule has 0 bridgehead atoms. The lowest BCUT2D eigenvalue weighted by atomic mass is 10.2. The molecular weight excluding hydrogens is 342 g/mol. The number of aryl methyl sites for hydroxylation is 3. The van der Waals surface area contributed by atoms with Crippen molar-refractivity contribution in [2.75, 3.05) is 32.7 Å².